The van der Waals surface area contributed by atoms with E-state index in [4.69, 9.17) is 0 Å². The van der Waals surface area contributed by atoms with Gasteiger partial charge in [0.05, 0.1) is 5.52 Å². The van der Waals surface area contributed by atoms with Gasteiger partial charge in [0.1, 0.15) is 5.82 Å². The van der Waals surface area contributed by atoms with Crippen molar-refractivity contribution in [3.05, 3.63) is 48.4 Å². The summed E-state index contributed by atoms with van der Waals surface area (Å²) in [6.07, 6.45) is 7.15. The van der Waals surface area contributed by atoms with Crippen LogP contribution in [0.15, 0.2) is 42.9 Å². The fraction of sp³-hybridized carbons (Fsp3) is 0.368. The number of aromatic nitrogens is 3. The highest BCUT2D eigenvalue weighted by atomic mass is 15.1. The summed E-state index contributed by atoms with van der Waals surface area (Å²) in [6.45, 7) is 5.57. The fourth-order valence-corrected chi connectivity index (χ4v) is 3.70. The van der Waals surface area contributed by atoms with E-state index in [0.29, 0.717) is 5.92 Å². The Morgan fingerprint density at radius 1 is 1.17 bits per heavy atom. The first-order valence-corrected chi connectivity index (χ1v) is 8.27. The SMILES string of the molecule is Cc1ccc2ncccc2c1-c1nccn1C[C@@H]1CCN(C)C1. The standard InChI is InChI=1S/C19H22N4/c1-14-5-6-17-16(4-3-8-20-17)18(14)19-21-9-11-23(19)13-15-7-10-22(2)12-15/h3-6,8-9,11,15H,7,10,12-13H2,1-2H3/t15-/m1/s1. The number of rotatable bonds is 3. The molecule has 0 unspecified atom stereocenters. The predicted octanol–water partition coefficient (Wildman–Crippen LogP) is 3.36. The Morgan fingerprint density at radius 3 is 2.91 bits per heavy atom. The number of nitrogens with zero attached hydrogens (tertiary/aromatic N) is 4. The van der Waals surface area contributed by atoms with Crippen molar-refractivity contribution in [2.24, 2.45) is 5.92 Å². The van der Waals surface area contributed by atoms with Crippen LogP contribution in [0.25, 0.3) is 22.3 Å². The van der Waals surface area contributed by atoms with Crippen molar-refractivity contribution < 1.29 is 0 Å². The molecule has 4 heteroatoms. The van der Waals surface area contributed by atoms with Gasteiger partial charge >= 0.3 is 0 Å². The van der Waals surface area contributed by atoms with E-state index in [1.54, 1.807) is 0 Å². The topological polar surface area (TPSA) is 34.0 Å². The molecular weight excluding hydrogens is 284 g/mol. The van der Waals surface area contributed by atoms with Gasteiger partial charge in [0, 0.05) is 42.6 Å². The van der Waals surface area contributed by atoms with Crippen molar-refractivity contribution >= 4 is 10.9 Å². The van der Waals surface area contributed by atoms with Crippen LogP contribution in [-0.4, -0.2) is 39.6 Å². The highest BCUT2D eigenvalue weighted by Crippen LogP contribution is 2.31. The summed E-state index contributed by atoms with van der Waals surface area (Å²) in [4.78, 5) is 11.6. The lowest BCUT2D eigenvalue weighted by molar-refractivity contribution is 0.378. The molecule has 0 spiro atoms. The van der Waals surface area contributed by atoms with Crippen LogP contribution < -0.4 is 0 Å². The molecule has 3 aromatic rings. The summed E-state index contributed by atoms with van der Waals surface area (Å²) in [5.74, 6) is 1.78. The van der Waals surface area contributed by atoms with Crippen molar-refractivity contribution in [3.63, 3.8) is 0 Å². The molecule has 0 amide bonds. The molecule has 4 nitrogen and oxygen atoms in total. The Kier molecular flexibility index (Phi) is 3.62. The zero-order valence-electron chi connectivity index (χ0n) is 13.7. The number of hydrogen-bond acceptors (Lipinski definition) is 3. The van der Waals surface area contributed by atoms with Crippen LogP contribution in [0.2, 0.25) is 0 Å². The molecule has 0 N–H and O–H groups in total. The van der Waals surface area contributed by atoms with Gasteiger partial charge in [-0.15, -0.1) is 0 Å². The Bertz CT molecular complexity index is 836. The molecule has 1 atom stereocenters. The molecule has 0 bridgehead atoms. The van der Waals surface area contributed by atoms with E-state index in [0.717, 1.165) is 17.9 Å². The lowest BCUT2D eigenvalue weighted by atomic mass is 10.0. The second kappa shape index (κ2) is 5.78. The van der Waals surface area contributed by atoms with Gasteiger partial charge in [-0.05, 0) is 50.6 Å². The number of benzene rings is 1. The van der Waals surface area contributed by atoms with Gasteiger partial charge in [0.25, 0.3) is 0 Å². The van der Waals surface area contributed by atoms with Crippen LogP contribution in [-0.2, 0) is 6.54 Å². The van der Waals surface area contributed by atoms with Crippen LogP contribution in [0.3, 0.4) is 0 Å². The average Bonchev–Trinajstić information content (AvgIpc) is 3.17. The first-order valence-electron chi connectivity index (χ1n) is 8.27. The van der Waals surface area contributed by atoms with E-state index in [2.05, 4.69) is 57.8 Å². The van der Waals surface area contributed by atoms with Crippen molar-refractivity contribution in [1.29, 1.82) is 0 Å². The molecule has 23 heavy (non-hydrogen) atoms. The summed E-state index contributed by atoms with van der Waals surface area (Å²) in [7, 11) is 2.20. The van der Waals surface area contributed by atoms with Gasteiger partial charge in [-0.1, -0.05) is 12.1 Å². The lowest BCUT2D eigenvalue weighted by Crippen LogP contribution is -2.17. The quantitative estimate of drug-likeness (QED) is 0.744. The zero-order chi connectivity index (χ0) is 15.8. The van der Waals surface area contributed by atoms with E-state index in [9.17, 15) is 0 Å². The minimum Gasteiger partial charge on any atom is -0.331 e. The lowest BCUT2D eigenvalue weighted by Gasteiger charge is -2.16. The summed E-state index contributed by atoms with van der Waals surface area (Å²) < 4.78 is 2.32. The number of likely N-dealkylation sites (tertiary alicyclic amines) is 1. The normalized spacial score (nSPS) is 18.8. The molecule has 1 fully saturated rings. The fourth-order valence-electron chi connectivity index (χ4n) is 3.70. The molecular formula is C19H22N4. The third kappa shape index (κ3) is 2.63. The third-order valence-corrected chi connectivity index (χ3v) is 4.88. The number of pyridine rings is 1. The average molecular weight is 306 g/mol. The predicted molar refractivity (Wildman–Crippen MR) is 93.3 cm³/mol. The largest absolute Gasteiger partial charge is 0.331 e. The van der Waals surface area contributed by atoms with Crippen LogP contribution in [0.4, 0.5) is 0 Å². The molecule has 1 saturated heterocycles. The number of hydrogen-bond donors (Lipinski definition) is 0. The van der Waals surface area contributed by atoms with Crippen molar-refractivity contribution in [1.82, 2.24) is 19.4 Å². The van der Waals surface area contributed by atoms with E-state index in [-0.39, 0.29) is 0 Å². The molecule has 1 aliphatic heterocycles. The molecule has 2 aromatic heterocycles. The molecule has 3 heterocycles. The highest BCUT2D eigenvalue weighted by molar-refractivity contribution is 5.94. The van der Waals surface area contributed by atoms with Gasteiger partial charge in [0.2, 0.25) is 0 Å². The van der Waals surface area contributed by atoms with Gasteiger partial charge in [-0.25, -0.2) is 4.98 Å². The smallest absolute Gasteiger partial charge is 0.140 e. The summed E-state index contributed by atoms with van der Waals surface area (Å²) >= 11 is 0. The molecule has 0 radical (unpaired) electrons. The van der Waals surface area contributed by atoms with Crippen LogP contribution in [0.5, 0.6) is 0 Å². The Balaban J connectivity index is 1.77. The zero-order valence-corrected chi connectivity index (χ0v) is 13.7. The van der Waals surface area contributed by atoms with Gasteiger partial charge < -0.3 is 9.47 Å². The third-order valence-electron chi connectivity index (χ3n) is 4.88. The first-order chi connectivity index (χ1) is 11.2. The highest BCUT2D eigenvalue weighted by Gasteiger charge is 2.21. The Hall–Kier alpha value is -2.20. The van der Waals surface area contributed by atoms with Crippen LogP contribution >= 0.6 is 0 Å². The molecule has 4 rings (SSSR count). The molecule has 118 valence electrons. The number of imidazole rings is 1. The minimum atomic E-state index is 0.710. The second-order valence-corrected chi connectivity index (χ2v) is 6.65. The minimum absolute atomic E-state index is 0.710. The number of fused-ring (bicyclic) bond motifs is 1. The Labute approximate surface area is 136 Å². The summed E-state index contributed by atoms with van der Waals surface area (Å²) in [6, 6.07) is 8.39. The van der Waals surface area contributed by atoms with Gasteiger partial charge in [0.15, 0.2) is 0 Å². The maximum absolute atomic E-state index is 4.68. The summed E-state index contributed by atoms with van der Waals surface area (Å²) in [5, 5.41) is 1.18. The maximum Gasteiger partial charge on any atom is 0.140 e. The van der Waals surface area contributed by atoms with Crippen molar-refractivity contribution in [2.45, 2.75) is 19.9 Å². The number of aryl methyl sites for hydroxylation is 1. The molecule has 0 saturated carbocycles. The second-order valence-electron chi connectivity index (χ2n) is 6.65. The van der Waals surface area contributed by atoms with Crippen LogP contribution in [0.1, 0.15) is 12.0 Å². The Morgan fingerprint density at radius 2 is 2.09 bits per heavy atom. The monoisotopic (exact) mass is 306 g/mol. The first kappa shape index (κ1) is 14.4. The van der Waals surface area contributed by atoms with Crippen molar-refractivity contribution in [2.75, 3.05) is 20.1 Å². The summed E-state index contributed by atoms with van der Waals surface area (Å²) in [5.41, 5.74) is 3.50. The van der Waals surface area contributed by atoms with Gasteiger partial charge in [-0.3, -0.25) is 4.98 Å². The molecule has 1 aromatic carbocycles. The van der Waals surface area contributed by atoms with E-state index in [1.807, 2.05) is 18.5 Å². The van der Waals surface area contributed by atoms with Gasteiger partial charge in [-0.2, -0.15) is 0 Å². The van der Waals surface area contributed by atoms with E-state index >= 15 is 0 Å². The maximum atomic E-state index is 4.68. The molecule has 1 aliphatic rings. The molecule has 0 aliphatic carbocycles. The van der Waals surface area contributed by atoms with Crippen LogP contribution in [0, 0.1) is 12.8 Å². The van der Waals surface area contributed by atoms with Crippen molar-refractivity contribution in [3.8, 4) is 11.4 Å². The van der Waals surface area contributed by atoms with E-state index in [1.165, 1.54) is 36.0 Å². The van der Waals surface area contributed by atoms with E-state index < -0.39 is 0 Å².